The normalized spacial score (nSPS) is 11.8. The van der Waals surface area contributed by atoms with Crippen molar-refractivity contribution in [1.82, 2.24) is 4.98 Å². The fraction of sp³-hybridized carbons (Fsp3) is 0.120. The lowest BCUT2D eigenvalue weighted by Gasteiger charge is -2.14. The van der Waals surface area contributed by atoms with Crippen molar-refractivity contribution in [2.75, 3.05) is 5.32 Å². The van der Waals surface area contributed by atoms with Gasteiger partial charge in [0.25, 0.3) is 0 Å². The molecule has 0 radical (unpaired) electrons. The molecule has 0 fully saturated rings. The first-order chi connectivity index (χ1) is 14.5. The fourth-order valence-corrected chi connectivity index (χ4v) is 3.57. The average molecular weight is 417 g/mol. The lowest BCUT2D eigenvalue weighted by molar-refractivity contribution is -0.117. The first-order valence-electron chi connectivity index (χ1n) is 9.66. The van der Waals surface area contributed by atoms with E-state index in [4.69, 9.17) is 16.0 Å². The van der Waals surface area contributed by atoms with Crippen LogP contribution in [0.2, 0.25) is 5.02 Å². The topological polar surface area (TPSA) is 55.1 Å². The minimum Gasteiger partial charge on any atom is -0.472 e. The average Bonchev–Trinajstić information content (AvgIpc) is 3.28. The number of halogens is 1. The molecule has 1 N–H and O–H groups in total. The molecular formula is C25H21ClN2O2. The molecule has 2 aromatic carbocycles. The Bertz CT molecular complexity index is 1170. The van der Waals surface area contributed by atoms with E-state index in [0.29, 0.717) is 5.02 Å². The molecule has 4 nitrogen and oxygen atoms in total. The predicted molar refractivity (Wildman–Crippen MR) is 121 cm³/mol. The molecule has 0 aliphatic rings. The highest BCUT2D eigenvalue weighted by Gasteiger charge is 2.17. The molecule has 150 valence electrons. The summed E-state index contributed by atoms with van der Waals surface area (Å²) in [6, 6.07) is 19.3. The van der Waals surface area contributed by atoms with Gasteiger partial charge in [-0.3, -0.25) is 9.78 Å². The Hall–Kier alpha value is -3.37. The van der Waals surface area contributed by atoms with Crippen LogP contribution in [-0.2, 0) is 4.79 Å². The van der Waals surface area contributed by atoms with Crippen LogP contribution in [-0.4, -0.2) is 10.9 Å². The first-order valence-corrected chi connectivity index (χ1v) is 10.0. The van der Waals surface area contributed by atoms with Crippen LogP contribution in [0.15, 0.2) is 83.8 Å². The van der Waals surface area contributed by atoms with Gasteiger partial charge in [0.2, 0.25) is 5.91 Å². The number of carbonyl (C=O) groups excluding carboxylic acids is 1. The number of carbonyl (C=O) groups is 1. The molecule has 0 saturated heterocycles. The van der Waals surface area contributed by atoms with Crippen molar-refractivity contribution in [2.45, 2.75) is 19.8 Å². The van der Waals surface area contributed by atoms with E-state index in [-0.39, 0.29) is 11.8 Å². The van der Waals surface area contributed by atoms with E-state index in [2.05, 4.69) is 10.3 Å². The standard InChI is InChI=1S/C25H21ClN2O2/c1-16-11-19(7-9-27-16)18-3-5-24(6-4-18)28-25(29)17(2)21-12-22(14-23(26)13-21)20-8-10-30-15-20/h3-15,17H,1-2H3,(H,28,29). The van der Waals surface area contributed by atoms with Crippen LogP contribution in [0.3, 0.4) is 0 Å². The third kappa shape index (κ3) is 4.44. The molecule has 4 rings (SSSR count). The van der Waals surface area contributed by atoms with Crippen molar-refractivity contribution >= 4 is 23.2 Å². The molecule has 1 amide bonds. The van der Waals surface area contributed by atoms with Gasteiger partial charge in [0.15, 0.2) is 0 Å². The molecule has 0 aliphatic heterocycles. The van der Waals surface area contributed by atoms with E-state index in [1.807, 2.05) is 74.5 Å². The van der Waals surface area contributed by atoms with E-state index in [1.165, 1.54) is 0 Å². The zero-order valence-electron chi connectivity index (χ0n) is 16.7. The van der Waals surface area contributed by atoms with Crippen LogP contribution >= 0.6 is 11.6 Å². The first kappa shape index (κ1) is 19.9. The van der Waals surface area contributed by atoms with Crippen LogP contribution in [0.1, 0.15) is 24.1 Å². The summed E-state index contributed by atoms with van der Waals surface area (Å²) in [5, 5.41) is 3.57. The van der Waals surface area contributed by atoms with Gasteiger partial charge in [0.05, 0.1) is 18.4 Å². The SMILES string of the molecule is Cc1cc(-c2ccc(NC(=O)C(C)c3cc(Cl)cc(-c4ccoc4)c3)cc2)ccn1. The van der Waals surface area contributed by atoms with Crippen molar-refractivity contribution in [1.29, 1.82) is 0 Å². The molecule has 0 spiro atoms. The van der Waals surface area contributed by atoms with Gasteiger partial charge >= 0.3 is 0 Å². The molecule has 0 bridgehead atoms. The molecule has 2 heterocycles. The molecule has 2 aromatic heterocycles. The summed E-state index contributed by atoms with van der Waals surface area (Å²) in [6.07, 6.45) is 5.07. The van der Waals surface area contributed by atoms with Crippen LogP contribution < -0.4 is 5.32 Å². The third-order valence-corrected chi connectivity index (χ3v) is 5.27. The monoisotopic (exact) mass is 416 g/mol. The predicted octanol–water partition coefficient (Wildman–Crippen LogP) is 6.71. The molecule has 4 aromatic rings. The van der Waals surface area contributed by atoms with Gasteiger partial charge in [-0.1, -0.05) is 29.8 Å². The maximum Gasteiger partial charge on any atom is 0.231 e. The third-order valence-electron chi connectivity index (χ3n) is 5.05. The molecular weight excluding hydrogens is 396 g/mol. The Morgan fingerprint density at radius 1 is 0.967 bits per heavy atom. The molecule has 1 atom stereocenters. The Morgan fingerprint density at radius 2 is 1.77 bits per heavy atom. The van der Waals surface area contributed by atoms with Crippen molar-refractivity contribution in [2.24, 2.45) is 0 Å². The summed E-state index contributed by atoms with van der Waals surface area (Å²) in [4.78, 5) is 17.1. The van der Waals surface area contributed by atoms with Gasteiger partial charge in [-0.25, -0.2) is 0 Å². The smallest absolute Gasteiger partial charge is 0.231 e. The van der Waals surface area contributed by atoms with Gasteiger partial charge in [-0.2, -0.15) is 0 Å². The Labute approximate surface area is 180 Å². The summed E-state index contributed by atoms with van der Waals surface area (Å²) in [5.74, 6) is -0.459. The lowest BCUT2D eigenvalue weighted by Crippen LogP contribution is -2.18. The number of pyridine rings is 1. The number of rotatable bonds is 5. The van der Waals surface area contributed by atoms with E-state index in [9.17, 15) is 4.79 Å². The zero-order valence-corrected chi connectivity index (χ0v) is 17.5. The van der Waals surface area contributed by atoms with Gasteiger partial charge < -0.3 is 9.73 Å². The second-order valence-corrected chi connectivity index (χ2v) is 7.70. The van der Waals surface area contributed by atoms with E-state index >= 15 is 0 Å². The van der Waals surface area contributed by atoms with E-state index in [1.54, 1.807) is 18.7 Å². The highest BCUT2D eigenvalue weighted by atomic mass is 35.5. The number of nitrogens with one attached hydrogen (secondary N) is 1. The van der Waals surface area contributed by atoms with Crippen LogP contribution in [0.25, 0.3) is 22.3 Å². The Kier molecular flexibility index (Phi) is 5.68. The number of amides is 1. The van der Waals surface area contributed by atoms with Crippen molar-refractivity contribution in [3.63, 3.8) is 0 Å². The van der Waals surface area contributed by atoms with Gasteiger partial charge in [-0.15, -0.1) is 0 Å². The largest absolute Gasteiger partial charge is 0.472 e. The van der Waals surface area contributed by atoms with Gasteiger partial charge in [0.1, 0.15) is 0 Å². The van der Waals surface area contributed by atoms with Crippen molar-refractivity contribution in [3.8, 4) is 22.3 Å². The number of benzene rings is 2. The zero-order chi connectivity index (χ0) is 21.1. The number of hydrogen-bond donors (Lipinski definition) is 1. The number of furan rings is 1. The molecule has 1 unspecified atom stereocenters. The number of hydrogen-bond acceptors (Lipinski definition) is 3. The fourth-order valence-electron chi connectivity index (χ4n) is 3.33. The maximum atomic E-state index is 12.8. The van der Waals surface area contributed by atoms with Crippen molar-refractivity contribution < 1.29 is 9.21 Å². The highest BCUT2D eigenvalue weighted by molar-refractivity contribution is 6.31. The Balaban J connectivity index is 1.50. The van der Waals surface area contributed by atoms with Crippen LogP contribution in [0.5, 0.6) is 0 Å². The number of nitrogens with zero attached hydrogens (tertiary/aromatic N) is 1. The van der Waals surface area contributed by atoms with Gasteiger partial charge in [0, 0.05) is 28.2 Å². The maximum absolute atomic E-state index is 12.8. The van der Waals surface area contributed by atoms with Gasteiger partial charge in [-0.05, 0) is 78.6 Å². The summed E-state index contributed by atoms with van der Waals surface area (Å²) >= 11 is 6.30. The van der Waals surface area contributed by atoms with E-state index < -0.39 is 0 Å². The molecule has 30 heavy (non-hydrogen) atoms. The van der Waals surface area contributed by atoms with Crippen LogP contribution in [0.4, 0.5) is 5.69 Å². The summed E-state index contributed by atoms with van der Waals surface area (Å²) in [7, 11) is 0. The number of aromatic nitrogens is 1. The quantitative estimate of drug-likeness (QED) is 0.393. The summed E-state index contributed by atoms with van der Waals surface area (Å²) in [5.41, 5.74) is 6.58. The second kappa shape index (κ2) is 8.56. The lowest BCUT2D eigenvalue weighted by atomic mass is 9.96. The summed E-state index contributed by atoms with van der Waals surface area (Å²) < 4.78 is 5.16. The second-order valence-electron chi connectivity index (χ2n) is 7.26. The van der Waals surface area contributed by atoms with Crippen molar-refractivity contribution in [3.05, 3.63) is 95.7 Å². The number of aryl methyl sites for hydroxylation is 1. The number of anilines is 1. The van der Waals surface area contributed by atoms with E-state index in [0.717, 1.165) is 39.2 Å². The molecule has 5 heteroatoms. The van der Waals surface area contributed by atoms with Crippen LogP contribution in [0, 0.1) is 6.92 Å². The highest BCUT2D eigenvalue weighted by Crippen LogP contribution is 2.29. The molecule has 0 aliphatic carbocycles. The minimum absolute atomic E-state index is 0.0945. The summed E-state index contributed by atoms with van der Waals surface area (Å²) in [6.45, 7) is 3.83. The Morgan fingerprint density at radius 3 is 2.47 bits per heavy atom. The molecule has 0 saturated carbocycles. The minimum atomic E-state index is -0.364.